The van der Waals surface area contributed by atoms with Crippen LogP contribution in [0.5, 0.6) is 0 Å². The van der Waals surface area contributed by atoms with Gasteiger partial charge < -0.3 is 0 Å². The zero-order valence-corrected chi connectivity index (χ0v) is 11.8. The van der Waals surface area contributed by atoms with Crippen LogP contribution in [0.4, 0.5) is 0 Å². The summed E-state index contributed by atoms with van der Waals surface area (Å²) in [7, 11) is 0. The van der Waals surface area contributed by atoms with Crippen molar-refractivity contribution in [2.45, 2.75) is 64.7 Å². The molecule has 0 spiro atoms. The van der Waals surface area contributed by atoms with E-state index < -0.39 is 0 Å². The van der Waals surface area contributed by atoms with Gasteiger partial charge in [0.25, 0.3) is 0 Å². The smallest absolute Gasteiger partial charge is 0.000209 e. The molecule has 1 rings (SSSR count). The zero-order valence-electron chi connectivity index (χ0n) is 9.60. The van der Waals surface area contributed by atoms with Gasteiger partial charge in [0.05, 0.1) is 0 Å². The maximum absolute atomic E-state index is 2.52. The van der Waals surface area contributed by atoms with Crippen molar-refractivity contribution >= 4 is 22.6 Å². The van der Waals surface area contributed by atoms with Crippen LogP contribution >= 0.6 is 22.6 Å². The molecule has 0 aromatic rings. The number of unbranched alkanes of at least 4 members (excludes halogenated alkanes) is 2. The first-order chi connectivity index (χ1) is 6.86. The molecule has 0 bridgehead atoms. The highest BCUT2D eigenvalue weighted by Crippen LogP contribution is 2.33. The molecule has 0 atom stereocenters. The van der Waals surface area contributed by atoms with Gasteiger partial charge in [0.15, 0.2) is 0 Å². The first-order valence-electron chi connectivity index (χ1n) is 6.42. The largest absolute Gasteiger partial charge is 0.0864 e. The van der Waals surface area contributed by atoms with Crippen LogP contribution in [-0.2, 0) is 0 Å². The Kier molecular flexibility index (Phi) is 7.27. The first kappa shape index (κ1) is 12.8. The minimum Gasteiger partial charge on any atom is -0.0864 e. The Hall–Kier alpha value is 0.730. The number of hydrogen-bond donors (Lipinski definition) is 0. The molecular weight excluding hydrogens is 283 g/mol. The summed E-state index contributed by atoms with van der Waals surface area (Å²) in [6.07, 6.45) is 13.4. The van der Waals surface area contributed by atoms with E-state index in [0.717, 1.165) is 11.8 Å². The average Bonchev–Trinajstić information content (AvgIpc) is 2.21. The van der Waals surface area contributed by atoms with E-state index in [1.54, 1.807) is 0 Å². The molecule has 0 radical (unpaired) electrons. The third kappa shape index (κ3) is 4.99. The molecule has 84 valence electrons. The average molecular weight is 308 g/mol. The Bertz CT molecular complexity index is 125. The fourth-order valence-electron chi connectivity index (χ4n) is 2.65. The van der Waals surface area contributed by atoms with Crippen molar-refractivity contribution in [3.05, 3.63) is 0 Å². The minimum atomic E-state index is 1.08. The van der Waals surface area contributed by atoms with Gasteiger partial charge in [-0.25, -0.2) is 0 Å². The van der Waals surface area contributed by atoms with Gasteiger partial charge in [-0.05, 0) is 22.7 Å². The lowest BCUT2D eigenvalue weighted by molar-refractivity contribution is 0.256. The fraction of sp³-hybridized carbons (Fsp3) is 1.00. The number of rotatable bonds is 6. The van der Waals surface area contributed by atoms with Crippen LogP contribution in [0.3, 0.4) is 0 Å². The van der Waals surface area contributed by atoms with Gasteiger partial charge in [0, 0.05) is 0 Å². The maximum atomic E-state index is 2.52. The van der Waals surface area contributed by atoms with Crippen LogP contribution in [0.2, 0.25) is 0 Å². The second-order valence-electron chi connectivity index (χ2n) is 4.86. The number of hydrogen-bond acceptors (Lipinski definition) is 0. The van der Waals surface area contributed by atoms with E-state index in [0.29, 0.717) is 0 Å². The van der Waals surface area contributed by atoms with Crippen LogP contribution in [0.25, 0.3) is 0 Å². The Balaban J connectivity index is 2.03. The summed E-state index contributed by atoms with van der Waals surface area (Å²) in [5, 5.41) is 0. The molecular formula is C13H25I. The quantitative estimate of drug-likeness (QED) is 0.359. The summed E-state index contributed by atoms with van der Waals surface area (Å²) in [4.78, 5) is 0. The second kappa shape index (κ2) is 7.95. The predicted molar refractivity (Wildman–Crippen MR) is 73.1 cm³/mol. The normalized spacial score (nSPS) is 27.9. The molecule has 0 amide bonds. The third-order valence-electron chi connectivity index (χ3n) is 3.70. The summed E-state index contributed by atoms with van der Waals surface area (Å²) in [6, 6.07) is 0. The van der Waals surface area contributed by atoms with Crippen LogP contribution in [0.15, 0.2) is 0 Å². The van der Waals surface area contributed by atoms with Crippen molar-refractivity contribution in [2.24, 2.45) is 11.8 Å². The van der Waals surface area contributed by atoms with Gasteiger partial charge in [-0.15, -0.1) is 0 Å². The molecule has 1 aliphatic carbocycles. The Labute approximate surface area is 103 Å². The van der Waals surface area contributed by atoms with Gasteiger partial charge >= 0.3 is 0 Å². The molecule has 1 fully saturated rings. The summed E-state index contributed by atoms with van der Waals surface area (Å²) in [6.45, 7) is 2.30. The number of alkyl halides is 1. The van der Waals surface area contributed by atoms with E-state index in [1.165, 1.54) is 62.2 Å². The second-order valence-corrected chi connectivity index (χ2v) is 5.94. The van der Waals surface area contributed by atoms with Gasteiger partial charge in [-0.1, -0.05) is 80.9 Å². The Morgan fingerprint density at radius 3 is 2.00 bits per heavy atom. The summed E-state index contributed by atoms with van der Waals surface area (Å²) < 4.78 is 1.36. The summed E-state index contributed by atoms with van der Waals surface area (Å²) >= 11 is 2.52. The molecule has 0 saturated heterocycles. The molecule has 0 heterocycles. The van der Waals surface area contributed by atoms with Crippen LogP contribution < -0.4 is 0 Å². The lowest BCUT2D eigenvalue weighted by atomic mass is 9.79. The Morgan fingerprint density at radius 1 is 0.929 bits per heavy atom. The van der Waals surface area contributed by atoms with Crippen molar-refractivity contribution in [1.82, 2.24) is 0 Å². The van der Waals surface area contributed by atoms with Crippen molar-refractivity contribution in [1.29, 1.82) is 0 Å². The van der Waals surface area contributed by atoms with Crippen molar-refractivity contribution in [2.75, 3.05) is 4.43 Å². The van der Waals surface area contributed by atoms with Crippen molar-refractivity contribution in [3.63, 3.8) is 0 Å². The van der Waals surface area contributed by atoms with E-state index in [4.69, 9.17) is 0 Å². The van der Waals surface area contributed by atoms with Crippen LogP contribution in [0, 0.1) is 11.8 Å². The summed E-state index contributed by atoms with van der Waals surface area (Å²) in [5.41, 5.74) is 0. The highest BCUT2D eigenvalue weighted by molar-refractivity contribution is 14.1. The lowest BCUT2D eigenvalue weighted by Crippen LogP contribution is -2.14. The van der Waals surface area contributed by atoms with Crippen LogP contribution in [0.1, 0.15) is 64.7 Å². The highest BCUT2D eigenvalue weighted by Gasteiger charge is 2.19. The topological polar surface area (TPSA) is 0 Å². The van der Waals surface area contributed by atoms with E-state index in [1.807, 2.05) is 0 Å². The van der Waals surface area contributed by atoms with Gasteiger partial charge in [-0.2, -0.15) is 0 Å². The van der Waals surface area contributed by atoms with Gasteiger partial charge in [0.2, 0.25) is 0 Å². The van der Waals surface area contributed by atoms with E-state index in [-0.39, 0.29) is 0 Å². The molecule has 0 aromatic carbocycles. The van der Waals surface area contributed by atoms with Crippen molar-refractivity contribution < 1.29 is 0 Å². The third-order valence-corrected chi connectivity index (χ3v) is 4.32. The zero-order chi connectivity index (χ0) is 10.2. The van der Waals surface area contributed by atoms with Gasteiger partial charge in [-0.3, -0.25) is 0 Å². The Morgan fingerprint density at radius 2 is 1.50 bits per heavy atom. The molecule has 14 heavy (non-hydrogen) atoms. The SMILES string of the molecule is CCCCCC1CCC(CCI)CC1. The predicted octanol–water partition coefficient (Wildman–Crippen LogP) is 5.20. The molecule has 0 aliphatic heterocycles. The molecule has 0 unspecified atom stereocenters. The van der Waals surface area contributed by atoms with Crippen molar-refractivity contribution in [3.8, 4) is 0 Å². The molecule has 0 nitrogen and oxygen atoms in total. The first-order valence-corrected chi connectivity index (χ1v) is 7.95. The molecule has 0 N–H and O–H groups in total. The lowest BCUT2D eigenvalue weighted by Gasteiger charge is -2.28. The van der Waals surface area contributed by atoms with E-state index >= 15 is 0 Å². The highest BCUT2D eigenvalue weighted by atomic mass is 127. The van der Waals surface area contributed by atoms with E-state index in [2.05, 4.69) is 29.5 Å². The molecule has 1 saturated carbocycles. The molecule has 0 aromatic heterocycles. The number of halogens is 1. The molecule has 1 aliphatic rings. The van der Waals surface area contributed by atoms with E-state index in [9.17, 15) is 0 Å². The minimum absolute atomic E-state index is 1.08. The molecule has 1 heteroatoms. The van der Waals surface area contributed by atoms with Crippen LogP contribution in [-0.4, -0.2) is 4.43 Å². The standard InChI is InChI=1S/C13H25I/c1-2-3-4-5-12-6-8-13(9-7-12)10-11-14/h12-13H,2-11H2,1H3. The monoisotopic (exact) mass is 308 g/mol. The van der Waals surface area contributed by atoms with Gasteiger partial charge in [0.1, 0.15) is 0 Å². The summed E-state index contributed by atoms with van der Waals surface area (Å²) in [5.74, 6) is 2.17. The fourth-order valence-corrected chi connectivity index (χ4v) is 3.53. The maximum Gasteiger partial charge on any atom is -0.000209 e.